The summed E-state index contributed by atoms with van der Waals surface area (Å²) >= 11 is 0. The molecular formula is C14H23ClN2O2. The summed E-state index contributed by atoms with van der Waals surface area (Å²) in [7, 11) is 0. The summed E-state index contributed by atoms with van der Waals surface area (Å²) in [4.78, 5) is 11.7. The summed E-state index contributed by atoms with van der Waals surface area (Å²) in [6.45, 7) is 5.58. The maximum absolute atomic E-state index is 11.7. The molecule has 108 valence electrons. The molecule has 19 heavy (non-hydrogen) atoms. The van der Waals surface area contributed by atoms with Crippen LogP contribution in [0.2, 0.25) is 0 Å². The lowest BCUT2D eigenvalue weighted by atomic mass is 10.0. The van der Waals surface area contributed by atoms with Gasteiger partial charge in [-0.2, -0.15) is 0 Å². The summed E-state index contributed by atoms with van der Waals surface area (Å²) in [6, 6.07) is 8.97. The monoisotopic (exact) mass is 286 g/mol. The Bertz CT molecular complexity index is 390. The van der Waals surface area contributed by atoms with E-state index >= 15 is 0 Å². The molecule has 2 atom stereocenters. The highest BCUT2D eigenvalue weighted by Crippen LogP contribution is 2.06. The van der Waals surface area contributed by atoms with Gasteiger partial charge in [0.2, 0.25) is 0 Å². The van der Waals surface area contributed by atoms with Crippen molar-refractivity contribution in [1.29, 1.82) is 0 Å². The SMILES string of the molecule is CC(C)(C)NC(=O)C(O)[C@@H](N)Cc1ccccc1.Cl. The molecule has 0 aliphatic heterocycles. The number of benzene rings is 1. The Labute approximate surface area is 120 Å². The predicted octanol–water partition coefficient (Wildman–Crippen LogP) is 1.25. The summed E-state index contributed by atoms with van der Waals surface area (Å²) in [6.07, 6.45) is -0.719. The molecule has 0 bridgehead atoms. The average Bonchev–Trinajstić information content (AvgIpc) is 2.27. The first kappa shape index (κ1) is 17.9. The van der Waals surface area contributed by atoms with Gasteiger partial charge in [0.1, 0.15) is 6.10 Å². The molecule has 0 saturated heterocycles. The highest BCUT2D eigenvalue weighted by atomic mass is 35.5. The van der Waals surface area contributed by atoms with E-state index in [-0.39, 0.29) is 17.9 Å². The Hall–Kier alpha value is -1.10. The topological polar surface area (TPSA) is 75.3 Å². The van der Waals surface area contributed by atoms with Crippen molar-refractivity contribution in [2.75, 3.05) is 0 Å². The van der Waals surface area contributed by atoms with Crippen LogP contribution in [0.15, 0.2) is 30.3 Å². The van der Waals surface area contributed by atoms with Gasteiger partial charge in [-0.3, -0.25) is 4.79 Å². The third-order valence-corrected chi connectivity index (χ3v) is 2.49. The molecule has 0 fully saturated rings. The van der Waals surface area contributed by atoms with Gasteiger partial charge < -0.3 is 16.2 Å². The molecule has 0 saturated carbocycles. The second kappa shape index (κ2) is 7.48. The van der Waals surface area contributed by atoms with E-state index in [2.05, 4.69) is 5.32 Å². The molecule has 5 heteroatoms. The number of nitrogens with two attached hydrogens (primary N) is 1. The van der Waals surface area contributed by atoms with Crippen LogP contribution < -0.4 is 11.1 Å². The van der Waals surface area contributed by atoms with Gasteiger partial charge in [-0.15, -0.1) is 12.4 Å². The molecule has 0 aliphatic carbocycles. The van der Waals surface area contributed by atoms with Gasteiger partial charge in [0.25, 0.3) is 5.91 Å². The fraction of sp³-hybridized carbons (Fsp3) is 0.500. The Morgan fingerprint density at radius 1 is 1.32 bits per heavy atom. The normalized spacial score (nSPS) is 14.2. The van der Waals surface area contributed by atoms with Crippen LogP contribution in [0, 0.1) is 0 Å². The number of rotatable bonds is 4. The molecular weight excluding hydrogens is 264 g/mol. The molecule has 0 heterocycles. The zero-order chi connectivity index (χ0) is 13.8. The van der Waals surface area contributed by atoms with Crippen molar-refractivity contribution in [3.63, 3.8) is 0 Å². The van der Waals surface area contributed by atoms with Crippen molar-refractivity contribution in [1.82, 2.24) is 5.32 Å². The summed E-state index contributed by atoms with van der Waals surface area (Å²) in [5.41, 5.74) is 6.49. The Morgan fingerprint density at radius 2 is 1.84 bits per heavy atom. The van der Waals surface area contributed by atoms with E-state index in [1.807, 2.05) is 51.1 Å². The van der Waals surface area contributed by atoms with E-state index in [1.165, 1.54) is 0 Å². The van der Waals surface area contributed by atoms with Crippen LogP contribution in [-0.4, -0.2) is 28.7 Å². The van der Waals surface area contributed by atoms with Gasteiger partial charge >= 0.3 is 0 Å². The second-order valence-corrected chi connectivity index (χ2v) is 5.54. The van der Waals surface area contributed by atoms with Crippen LogP contribution in [0.3, 0.4) is 0 Å². The molecule has 4 nitrogen and oxygen atoms in total. The van der Waals surface area contributed by atoms with Crippen LogP contribution in [-0.2, 0) is 11.2 Å². The first-order valence-corrected chi connectivity index (χ1v) is 6.09. The van der Waals surface area contributed by atoms with Gasteiger partial charge in [0, 0.05) is 11.6 Å². The van der Waals surface area contributed by atoms with Crippen LogP contribution in [0.25, 0.3) is 0 Å². The summed E-state index contributed by atoms with van der Waals surface area (Å²) < 4.78 is 0. The van der Waals surface area contributed by atoms with Crippen LogP contribution in [0.4, 0.5) is 0 Å². The minimum atomic E-state index is -1.19. The second-order valence-electron chi connectivity index (χ2n) is 5.54. The number of aliphatic hydroxyl groups excluding tert-OH is 1. The Kier molecular flexibility index (Phi) is 7.05. The fourth-order valence-electron chi connectivity index (χ4n) is 1.64. The first-order valence-electron chi connectivity index (χ1n) is 6.09. The minimum absolute atomic E-state index is 0. The van der Waals surface area contributed by atoms with E-state index in [9.17, 15) is 9.90 Å². The highest BCUT2D eigenvalue weighted by molar-refractivity contribution is 5.85. The smallest absolute Gasteiger partial charge is 0.250 e. The average molecular weight is 287 g/mol. The fourth-order valence-corrected chi connectivity index (χ4v) is 1.64. The van der Waals surface area contributed by atoms with Crippen molar-refractivity contribution >= 4 is 18.3 Å². The molecule has 1 rings (SSSR count). The van der Waals surface area contributed by atoms with Crippen LogP contribution in [0.5, 0.6) is 0 Å². The molecule has 4 N–H and O–H groups in total. The summed E-state index contributed by atoms with van der Waals surface area (Å²) in [5, 5.41) is 12.6. The molecule has 0 aliphatic rings. The third-order valence-electron chi connectivity index (χ3n) is 2.49. The molecule has 0 radical (unpaired) electrons. The van der Waals surface area contributed by atoms with Crippen molar-refractivity contribution in [2.24, 2.45) is 5.73 Å². The Morgan fingerprint density at radius 3 is 2.32 bits per heavy atom. The number of aliphatic hydroxyl groups is 1. The molecule has 1 aromatic rings. The lowest BCUT2D eigenvalue weighted by Crippen LogP contribution is -2.52. The van der Waals surface area contributed by atoms with Crippen molar-refractivity contribution in [2.45, 2.75) is 44.9 Å². The number of carbonyl (C=O) groups is 1. The zero-order valence-electron chi connectivity index (χ0n) is 11.6. The number of nitrogens with one attached hydrogen (secondary N) is 1. The summed E-state index contributed by atoms with van der Waals surface area (Å²) in [5.74, 6) is -0.425. The Balaban J connectivity index is 0.00000324. The van der Waals surface area contributed by atoms with E-state index < -0.39 is 18.1 Å². The standard InChI is InChI=1S/C14H22N2O2.ClH/c1-14(2,3)16-13(18)12(17)11(15)9-10-7-5-4-6-8-10;/h4-8,11-12,17H,9,15H2,1-3H3,(H,16,18);1H/t11-,12?;/m0./s1. The highest BCUT2D eigenvalue weighted by Gasteiger charge is 2.26. The van der Waals surface area contributed by atoms with E-state index in [1.54, 1.807) is 0 Å². The van der Waals surface area contributed by atoms with Gasteiger partial charge in [-0.05, 0) is 32.8 Å². The predicted molar refractivity (Wildman–Crippen MR) is 79.3 cm³/mol. The van der Waals surface area contributed by atoms with E-state index in [0.717, 1.165) is 5.56 Å². The van der Waals surface area contributed by atoms with E-state index in [4.69, 9.17) is 5.73 Å². The van der Waals surface area contributed by atoms with Crippen LogP contribution >= 0.6 is 12.4 Å². The molecule has 1 unspecified atom stereocenters. The first-order chi connectivity index (χ1) is 8.29. The third kappa shape index (κ3) is 6.57. The van der Waals surface area contributed by atoms with Gasteiger partial charge in [0.15, 0.2) is 0 Å². The van der Waals surface area contributed by atoms with E-state index in [0.29, 0.717) is 6.42 Å². The van der Waals surface area contributed by atoms with Gasteiger partial charge in [-0.1, -0.05) is 30.3 Å². The number of hydrogen-bond donors (Lipinski definition) is 3. The maximum Gasteiger partial charge on any atom is 0.250 e. The molecule has 0 spiro atoms. The van der Waals surface area contributed by atoms with Crippen molar-refractivity contribution in [3.8, 4) is 0 Å². The number of hydrogen-bond acceptors (Lipinski definition) is 3. The molecule has 1 amide bonds. The minimum Gasteiger partial charge on any atom is -0.382 e. The lowest BCUT2D eigenvalue weighted by molar-refractivity contribution is -0.131. The number of amides is 1. The largest absolute Gasteiger partial charge is 0.382 e. The maximum atomic E-state index is 11.7. The zero-order valence-corrected chi connectivity index (χ0v) is 12.4. The number of halogens is 1. The lowest BCUT2D eigenvalue weighted by Gasteiger charge is -2.25. The van der Waals surface area contributed by atoms with Crippen molar-refractivity contribution < 1.29 is 9.90 Å². The van der Waals surface area contributed by atoms with Crippen LogP contribution in [0.1, 0.15) is 26.3 Å². The number of carbonyl (C=O) groups excluding carboxylic acids is 1. The van der Waals surface area contributed by atoms with Gasteiger partial charge in [0.05, 0.1) is 0 Å². The van der Waals surface area contributed by atoms with Crippen molar-refractivity contribution in [3.05, 3.63) is 35.9 Å². The quantitative estimate of drug-likeness (QED) is 0.780. The molecule has 0 aromatic heterocycles. The van der Waals surface area contributed by atoms with Gasteiger partial charge in [-0.25, -0.2) is 0 Å². The molecule has 1 aromatic carbocycles.